The van der Waals surface area contributed by atoms with Crippen LogP contribution in [-0.4, -0.2) is 49.7 Å². The van der Waals surface area contributed by atoms with Gasteiger partial charge in [-0.15, -0.1) is 11.6 Å². The van der Waals surface area contributed by atoms with Gasteiger partial charge in [0.05, 0.1) is 32.3 Å². The number of aliphatic imine (C=N–C) groups is 3. The molecule has 0 saturated carbocycles. The van der Waals surface area contributed by atoms with Gasteiger partial charge in [-0.1, -0.05) is 17.7 Å². The van der Waals surface area contributed by atoms with Crippen molar-refractivity contribution in [2.24, 2.45) is 20.7 Å². The molecular weight excluding hydrogens is 494 g/mol. The third kappa shape index (κ3) is 4.34. The maximum Gasteiger partial charge on any atom is 0.430 e. The topological polar surface area (TPSA) is 129 Å². The Bertz CT molecular complexity index is 1320. The molecular formula is C18H13Cl2F3N5O3S+. The number of thioether (sulfide) groups is 1. The summed E-state index contributed by atoms with van der Waals surface area (Å²) in [5, 5.41) is 6.68. The van der Waals surface area contributed by atoms with Crippen molar-refractivity contribution >= 4 is 62.8 Å². The Hall–Kier alpha value is -2.57. The van der Waals surface area contributed by atoms with Gasteiger partial charge in [-0.2, -0.15) is 18.2 Å². The number of rotatable bonds is 2. The molecule has 0 fully saturated rings. The third-order valence-corrected chi connectivity index (χ3v) is 6.53. The molecule has 8 nitrogen and oxygen atoms in total. The first-order chi connectivity index (χ1) is 15.0. The van der Waals surface area contributed by atoms with E-state index in [2.05, 4.69) is 20.0 Å². The number of nitrogens with two attached hydrogens (primary N) is 1. The normalized spacial score (nSPS) is 25.7. The van der Waals surface area contributed by atoms with Crippen LogP contribution in [0.4, 0.5) is 13.2 Å². The van der Waals surface area contributed by atoms with Crippen molar-refractivity contribution in [1.82, 2.24) is 4.98 Å². The lowest BCUT2D eigenvalue weighted by Gasteiger charge is -2.15. The van der Waals surface area contributed by atoms with Gasteiger partial charge >= 0.3 is 17.0 Å². The van der Waals surface area contributed by atoms with Crippen LogP contribution in [-0.2, 0) is 0 Å². The predicted molar refractivity (Wildman–Crippen MR) is 118 cm³/mol. The Morgan fingerprint density at radius 3 is 2.88 bits per heavy atom. The van der Waals surface area contributed by atoms with Crippen LogP contribution < -0.4 is 21.9 Å². The predicted octanol–water partition coefficient (Wildman–Crippen LogP) is 0.858. The van der Waals surface area contributed by atoms with Crippen LogP contribution in [0.15, 0.2) is 48.2 Å². The Morgan fingerprint density at radius 1 is 1.44 bits per heavy atom. The molecule has 0 amide bonds. The molecule has 3 unspecified atom stereocenters. The summed E-state index contributed by atoms with van der Waals surface area (Å²) in [6.07, 6.45) is 0.498. The van der Waals surface area contributed by atoms with Crippen LogP contribution in [0.5, 0.6) is 0 Å². The summed E-state index contributed by atoms with van der Waals surface area (Å²) in [7, 11) is 0. The number of alkyl halides is 4. The SMILES string of the molecule is NC(=CC(=NC1=NC=CCC1Cl)c1nc2c(c(=O)o1)=CC1N=C([OH2+])SC1C=2Cl)C(F)(F)F. The first kappa shape index (κ1) is 22.6. The lowest BCUT2D eigenvalue weighted by Crippen LogP contribution is -2.48. The standard InChI is InChI=1S/C18H12Cl2F3N5O3S/c19-7-2-1-3-25-14(7)26-9(5-10(24)18(21,22)23)15-28-12-6(16(29)31-15)4-8-13(11(12)20)32-17(30)27-8/h1,3-5,7-8,13H,2,24H2,(H,27,30)/p+1. The summed E-state index contributed by atoms with van der Waals surface area (Å²) in [6.45, 7) is 0. The number of hydrogen-bond donors (Lipinski definition) is 1. The largest absolute Gasteiger partial charge is 0.574 e. The first-order valence-electron chi connectivity index (χ1n) is 8.93. The maximum atomic E-state index is 13.1. The fourth-order valence-electron chi connectivity index (χ4n) is 3.01. The van der Waals surface area contributed by atoms with Crippen molar-refractivity contribution in [3.63, 3.8) is 0 Å². The van der Waals surface area contributed by atoms with E-state index >= 15 is 0 Å². The number of hydrogen-bond acceptors (Lipinski definition) is 8. The maximum absolute atomic E-state index is 13.1. The highest BCUT2D eigenvalue weighted by Crippen LogP contribution is 2.35. The summed E-state index contributed by atoms with van der Waals surface area (Å²) in [5.41, 5.74) is 2.27. The van der Waals surface area contributed by atoms with Crippen molar-refractivity contribution in [1.29, 1.82) is 0 Å². The number of halogens is 5. The van der Waals surface area contributed by atoms with Crippen molar-refractivity contribution in [2.75, 3.05) is 0 Å². The molecule has 14 heteroatoms. The number of fused-ring (bicyclic) bond motifs is 2. The Labute approximate surface area is 191 Å². The zero-order valence-corrected chi connectivity index (χ0v) is 18.1. The van der Waals surface area contributed by atoms with Gasteiger partial charge in [0.2, 0.25) is 5.89 Å². The quantitative estimate of drug-likeness (QED) is 0.361. The average molecular weight is 507 g/mol. The zero-order valence-electron chi connectivity index (χ0n) is 15.7. The summed E-state index contributed by atoms with van der Waals surface area (Å²) >= 11 is 13.6. The molecule has 3 heterocycles. The molecule has 0 saturated heterocycles. The van der Waals surface area contributed by atoms with Crippen molar-refractivity contribution < 1.29 is 22.7 Å². The molecule has 168 valence electrons. The second-order valence-corrected chi connectivity index (χ2v) is 8.78. The van der Waals surface area contributed by atoms with Crippen molar-refractivity contribution in [3.8, 4) is 0 Å². The summed E-state index contributed by atoms with van der Waals surface area (Å²) in [5.74, 6) is -0.542. The number of nitrogens with zero attached hydrogens (tertiary/aromatic N) is 4. The van der Waals surface area contributed by atoms with Gasteiger partial charge in [-0.3, -0.25) is 0 Å². The van der Waals surface area contributed by atoms with E-state index in [0.717, 1.165) is 11.8 Å². The molecule has 4 N–H and O–H groups in total. The monoisotopic (exact) mass is 506 g/mol. The smallest absolute Gasteiger partial charge is 0.430 e. The van der Waals surface area contributed by atoms with Gasteiger partial charge in [-0.25, -0.2) is 19.8 Å². The van der Waals surface area contributed by atoms with Crippen LogP contribution >= 0.6 is 35.0 Å². The number of amidine groups is 1. The molecule has 0 radical (unpaired) electrons. The van der Waals surface area contributed by atoms with Gasteiger partial charge in [0.1, 0.15) is 17.2 Å². The van der Waals surface area contributed by atoms with Crippen LogP contribution in [0.25, 0.3) is 11.1 Å². The Balaban J connectivity index is 1.92. The van der Waals surface area contributed by atoms with Gasteiger partial charge in [0.15, 0.2) is 0 Å². The van der Waals surface area contributed by atoms with Gasteiger partial charge in [0, 0.05) is 18.0 Å². The van der Waals surface area contributed by atoms with Crippen molar-refractivity contribution in [3.05, 3.63) is 50.9 Å². The molecule has 32 heavy (non-hydrogen) atoms. The van der Waals surface area contributed by atoms with E-state index in [4.69, 9.17) is 38.5 Å². The first-order valence-corrected chi connectivity index (χ1v) is 10.6. The average Bonchev–Trinajstić information content (AvgIpc) is 3.09. The molecule has 0 bridgehead atoms. The molecule has 0 aromatic carbocycles. The van der Waals surface area contributed by atoms with E-state index in [9.17, 15) is 18.0 Å². The Morgan fingerprint density at radius 2 is 2.19 bits per heavy atom. The van der Waals surface area contributed by atoms with Gasteiger partial charge in [0.25, 0.3) is 0 Å². The highest BCUT2D eigenvalue weighted by molar-refractivity contribution is 8.14. The van der Waals surface area contributed by atoms with Crippen LogP contribution in [0.2, 0.25) is 0 Å². The zero-order chi connectivity index (χ0) is 23.2. The second kappa shape index (κ2) is 8.41. The molecule has 1 aromatic heterocycles. The molecule has 1 aromatic rings. The lowest BCUT2D eigenvalue weighted by molar-refractivity contribution is -0.0925. The van der Waals surface area contributed by atoms with E-state index in [1.54, 1.807) is 6.08 Å². The molecule has 0 spiro atoms. The van der Waals surface area contributed by atoms with E-state index in [-0.39, 0.29) is 26.7 Å². The number of aromatic nitrogens is 1. The lowest BCUT2D eigenvalue weighted by atomic mass is 10.1. The second-order valence-electron chi connectivity index (χ2n) is 6.72. The minimum absolute atomic E-state index is 0.000617. The molecule has 3 atom stereocenters. The van der Waals surface area contributed by atoms with E-state index in [0.29, 0.717) is 12.5 Å². The fourth-order valence-corrected chi connectivity index (χ4v) is 4.54. The van der Waals surface area contributed by atoms with E-state index < -0.39 is 45.8 Å². The van der Waals surface area contributed by atoms with Crippen molar-refractivity contribution in [2.45, 2.75) is 29.3 Å². The van der Waals surface area contributed by atoms with Crippen LogP contribution in [0.1, 0.15) is 12.3 Å². The fraction of sp³-hybridized carbons (Fsp3) is 0.278. The molecule has 3 aliphatic rings. The van der Waals surface area contributed by atoms with E-state index in [1.807, 2.05) is 0 Å². The molecule has 2 aliphatic heterocycles. The summed E-state index contributed by atoms with van der Waals surface area (Å²) in [6, 6.07) is -0.544. The molecule has 4 rings (SSSR count). The number of allylic oxidation sites excluding steroid dienone is 3. The van der Waals surface area contributed by atoms with Gasteiger partial charge in [-0.05, 0) is 18.6 Å². The third-order valence-electron chi connectivity index (χ3n) is 4.52. The van der Waals surface area contributed by atoms with Crippen LogP contribution in [0.3, 0.4) is 0 Å². The van der Waals surface area contributed by atoms with Gasteiger partial charge < -0.3 is 15.3 Å². The Kier molecular flexibility index (Phi) is 5.94. The molecule has 1 aliphatic carbocycles. The van der Waals surface area contributed by atoms with E-state index in [1.165, 1.54) is 12.3 Å². The highest BCUT2D eigenvalue weighted by atomic mass is 35.5. The minimum Gasteiger partial charge on any atom is -0.574 e. The van der Waals surface area contributed by atoms with Crippen LogP contribution in [0, 0.1) is 0 Å². The summed E-state index contributed by atoms with van der Waals surface area (Å²) in [4.78, 5) is 28.9. The highest BCUT2D eigenvalue weighted by Gasteiger charge is 2.38. The minimum atomic E-state index is -4.86. The summed E-state index contributed by atoms with van der Waals surface area (Å²) < 4.78 is 44.4.